The van der Waals surface area contributed by atoms with E-state index in [1.807, 2.05) is 0 Å². The Morgan fingerprint density at radius 2 is 0.288 bits per heavy atom. The van der Waals surface area contributed by atoms with Gasteiger partial charge in [0.2, 0.25) is 0 Å². The zero-order chi connectivity index (χ0) is 42.9. The monoisotopic (exact) mass is 869 g/mol. The van der Waals surface area contributed by atoms with E-state index in [0.717, 1.165) is 0 Å². The molecule has 0 N–H and O–H groups in total. The molecule has 0 heterocycles. The predicted molar refractivity (Wildman–Crippen MR) is 281 cm³/mol. The summed E-state index contributed by atoms with van der Waals surface area (Å²) in [7, 11) is 0. The van der Waals surface area contributed by atoms with Crippen molar-refractivity contribution in [3.8, 4) is 0 Å². The summed E-state index contributed by atoms with van der Waals surface area (Å²) in [6.45, 7) is 9.19. The summed E-state index contributed by atoms with van der Waals surface area (Å²) >= 11 is 6.67. The molecule has 59 heavy (non-hydrogen) atoms. The molecule has 0 aromatic heterocycles. The van der Waals surface area contributed by atoms with Crippen molar-refractivity contribution in [1.29, 1.82) is 0 Å². The maximum absolute atomic E-state index is 6.67. The minimum absolute atomic E-state index is 1.26. The average Bonchev–Trinajstić information content (AvgIpc) is 3.20. The summed E-state index contributed by atoms with van der Waals surface area (Å²) in [5.74, 6) is -1.78. The molecule has 0 radical (unpaired) electrons. The van der Waals surface area contributed by atoms with Gasteiger partial charge in [0.25, 0.3) is 0 Å². The van der Waals surface area contributed by atoms with E-state index in [1.54, 1.807) is 0 Å². The SMILES string of the molecule is CCCCCCCCCCCCCCCCCCCCCCCCCCCCCCCCCCCCCCCCCCCCCCCCCCCCCCP(C)(C)(C)Cl. The number of rotatable bonds is 53. The van der Waals surface area contributed by atoms with Gasteiger partial charge in [-0.1, -0.05) is 270 Å². The third kappa shape index (κ3) is 58.7. The Hall–Kier alpha value is 0.720. The van der Waals surface area contributed by atoms with Crippen LogP contribution in [0.2, 0.25) is 0 Å². The number of hydrogen-bond acceptors (Lipinski definition) is 0. The molecule has 0 aliphatic carbocycles. The quantitative estimate of drug-likeness (QED) is 0.0422. The Kier molecular flexibility index (Phi) is 48.8. The second kappa shape index (κ2) is 48.2. The van der Waals surface area contributed by atoms with Crippen molar-refractivity contribution in [3.63, 3.8) is 0 Å². The van der Waals surface area contributed by atoms with Gasteiger partial charge < -0.3 is 0 Å². The van der Waals surface area contributed by atoms with E-state index in [0.29, 0.717) is 0 Å². The first-order valence-electron chi connectivity index (χ1n) is 28.5. The van der Waals surface area contributed by atoms with Crippen molar-refractivity contribution in [2.45, 2.75) is 341 Å². The first-order chi connectivity index (χ1) is 28.8. The zero-order valence-corrected chi connectivity index (χ0v) is 44.0. The summed E-state index contributed by atoms with van der Waals surface area (Å²) in [6.07, 6.45) is 78.2. The summed E-state index contributed by atoms with van der Waals surface area (Å²) in [6, 6.07) is 0. The fraction of sp³-hybridized carbons (Fsp3) is 1.00. The number of hydrogen-bond donors (Lipinski definition) is 0. The van der Waals surface area contributed by atoms with Gasteiger partial charge in [0.1, 0.15) is 0 Å². The van der Waals surface area contributed by atoms with Crippen molar-refractivity contribution in [2.24, 2.45) is 0 Å². The fourth-order valence-electron chi connectivity index (χ4n) is 9.56. The van der Waals surface area contributed by atoms with Crippen LogP contribution >= 0.6 is 17.2 Å². The molecule has 0 aromatic carbocycles. The molecule has 0 amide bonds. The van der Waals surface area contributed by atoms with Crippen molar-refractivity contribution in [1.82, 2.24) is 0 Å². The minimum atomic E-state index is -1.78. The van der Waals surface area contributed by atoms with E-state index >= 15 is 0 Å². The first kappa shape index (κ1) is 59.7. The molecule has 0 saturated carbocycles. The normalized spacial score (nSPS) is 12.7. The second-order valence-corrected chi connectivity index (χ2v) is 31.7. The molecular formula is C57H118ClP. The van der Waals surface area contributed by atoms with E-state index in [9.17, 15) is 0 Å². The van der Waals surface area contributed by atoms with E-state index < -0.39 is 5.96 Å². The summed E-state index contributed by atoms with van der Waals surface area (Å²) < 4.78 is 0. The summed E-state index contributed by atoms with van der Waals surface area (Å²) in [5.41, 5.74) is 0. The van der Waals surface area contributed by atoms with Gasteiger partial charge in [-0.25, -0.2) is 0 Å². The van der Waals surface area contributed by atoms with Crippen LogP contribution in [0.1, 0.15) is 341 Å². The summed E-state index contributed by atoms with van der Waals surface area (Å²) in [4.78, 5) is 0. The van der Waals surface area contributed by atoms with E-state index in [2.05, 4.69) is 26.9 Å². The number of unbranched alkanes of at least 4 members (excludes halogenated alkanes) is 51. The number of halogens is 1. The zero-order valence-electron chi connectivity index (χ0n) is 42.3. The molecule has 0 bridgehead atoms. The van der Waals surface area contributed by atoms with Gasteiger partial charge in [0.05, 0.1) is 0 Å². The van der Waals surface area contributed by atoms with Crippen LogP contribution < -0.4 is 0 Å². The molecule has 0 aliphatic rings. The molecule has 0 rings (SSSR count). The Morgan fingerprint density at radius 1 is 0.186 bits per heavy atom. The topological polar surface area (TPSA) is 0 Å². The van der Waals surface area contributed by atoms with E-state index in [1.165, 1.54) is 340 Å². The van der Waals surface area contributed by atoms with Crippen molar-refractivity contribution in [3.05, 3.63) is 0 Å². The molecule has 0 aliphatic heterocycles. The van der Waals surface area contributed by atoms with Crippen LogP contribution in [0.15, 0.2) is 0 Å². The van der Waals surface area contributed by atoms with Gasteiger partial charge in [-0.3, -0.25) is 0 Å². The molecule has 2 heteroatoms. The van der Waals surface area contributed by atoms with Crippen LogP contribution in [-0.2, 0) is 0 Å². The molecule has 0 saturated heterocycles. The van der Waals surface area contributed by atoms with E-state index in [-0.39, 0.29) is 0 Å². The Morgan fingerprint density at radius 3 is 0.390 bits per heavy atom. The van der Waals surface area contributed by atoms with Crippen LogP contribution in [0.4, 0.5) is 0 Å². The maximum atomic E-state index is 6.67. The first-order valence-corrected chi connectivity index (χ1v) is 33.2. The fourth-order valence-corrected chi connectivity index (χ4v) is 11.2. The van der Waals surface area contributed by atoms with Crippen molar-refractivity contribution < 1.29 is 0 Å². The third-order valence-electron chi connectivity index (χ3n) is 13.8. The standard InChI is InChI=1S/C57H118ClP/c1-5-6-7-8-9-10-11-12-13-14-15-16-17-18-19-20-21-22-23-24-25-26-27-28-29-30-31-32-33-34-35-36-37-38-39-40-41-42-43-44-45-46-47-48-49-50-51-52-53-54-55-56-57-59(2,3,4)58/h5-57H2,1-4H3. The van der Waals surface area contributed by atoms with Gasteiger partial charge in [-0.05, 0) is 0 Å². The van der Waals surface area contributed by atoms with Gasteiger partial charge in [0.15, 0.2) is 0 Å². The Balaban J connectivity index is 3.08. The molecule has 358 valence electrons. The van der Waals surface area contributed by atoms with Crippen LogP contribution in [0.5, 0.6) is 0 Å². The van der Waals surface area contributed by atoms with Crippen LogP contribution in [0.25, 0.3) is 0 Å². The van der Waals surface area contributed by atoms with Gasteiger partial charge >= 0.3 is 114 Å². The third-order valence-corrected chi connectivity index (χ3v) is 16.1. The molecule has 0 atom stereocenters. The van der Waals surface area contributed by atoms with Crippen LogP contribution in [0, 0.1) is 0 Å². The summed E-state index contributed by atoms with van der Waals surface area (Å²) in [5, 5.41) is 0. The Bertz CT molecular complexity index is 744. The molecule has 0 unspecified atom stereocenters. The average molecular weight is 870 g/mol. The van der Waals surface area contributed by atoms with Crippen molar-refractivity contribution >= 4 is 17.2 Å². The van der Waals surface area contributed by atoms with E-state index in [4.69, 9.17) is 11.2 Å². The van der Waals surface area contributed by atoms with Gasteiger partial charge in [0, 0.05) is 0 Å². The van der Waals surface area contributed by atoms with Gasteiger partial charge in [-0.2, -0.15) is 0 Å². The van der Waals surface area contributed by atoms with Crippen LogP contribution in [0.3, 0.4) is 0 Å². The Labute approximate surface area is 382 Å². The van der Waals surface area contributed by atoms with Crippen molar-refractivity contribution in [2.75, 3.05) is 26.2 Å². The molecule has 0 nitrogen and oxygen atoms in total. The second-order valence-electron chi connectivity index (χ2n) is 21.7. The molecule has 0 fully saturated rings. The predicted octanol–water partition coefficient (Wildman–Crippen LogP) is 22.9. The molecule has 0 aromatic rings. The van der Waals surface area contributed by atoms with Gasteiger partial charge in [-0.15, -0.1) is 0 Å². The molecule has 0 spiro atoms. The van der Waals surface area contributed by atoms with Crippen LogP contribution in [-0.4, -0.2) is 26.2 Å². The molecular weight excluding hydrogens is 751 g/mol.